The second-order valence-corrected chi connectivity index (χ2v) is 4.60. The van der Waals surface area contributed by atoms with Crippen LogP contribution >= 0.6 is 11.6 Å². The van der Waals surface area contributed by atoms with Gasteiger partial charge >= 0.3 is 6.18 Å². The number of carbonyl (C=O) groups excluding carboxylic acids is 1. The number of carbonyl (C=O) groups is 1. The molecule has 2 aromatic heterocycles. The van der Waals surface area contributed by atoms with Crippen LogP contribution in [0, 0.1) is 0 Å². The summed E-state index contributed by atoms with van der Waals surface area (Å²) in [5, 5.41) is 3.50. The number of halogens is 4. The highest BCUT2D eigenvalue weighted by molar-refractivity contribution is 6.29. The minimum Gasteiger partial charge on any atom is -0.343 e. The number of aromatic nitrogens is 4. The van der Waals surface area contributed by atoms with Crippen molar-refractivity contribution in [3.8, 4) is 5.82 Å². The van der Waals surface area contributed by atoms with Gasteiger partial charge in [-0.25, -0.2) is 14.6 Å². The Bertz CT molecular complexity index is 683. The molecule has 1 amide bonds. The Morgan fingerprint density at radius 1 is 1.33 bits per heavy atom. The van der Waals surface area contributed by atoms with Gasteiger partial charge in [0.25, 0.3) is 5.91 Å². The molecule has 2 heterocycles. The summed E-state index contributed by atoms with van der Waals surface area (Å²) < 4.78 is 38.9. The molecule has 2 rings (SSSR count). The molecule has 0 bridgehead atoms. The van der Waals surface area contributed by atoms with Crippen molar-refractivity contribution in [1.82, 2.24) is 24.6 Å². The van der Waals surface area contributed by atoms with Gasteiger partial charge in [-0.05, 0) is 6.07 Å². The average Bonchev–Trinajstić information content (AvgIpc) is 2.85. The fraction of sp³-hybridized carbons (Fsp3) is 0.273. The van der Waals surface area contributed by atoms with E-state index in [1.807, 2.05) is 0 Å². The molecule has 0 fully saturated rings. The van der Waals surface area contributed by atoms with Gasteiger partial charge in [-0.3, -0.25) is 4.79 Å². The number of alkyl halides is 3. The number of amides is 1. The standard InChI is InChI=1S/C11H9ClF3N5O/c1-19(2)9(21)6-3-4-20(18-6)8-5-7(12)16-10(17-8)11(13,14)15/h3-5H,1-2H3. The van der Waals surface area contributed by atoms with E-state index in [4.69, 9.17) is 11.6 Å². The van der Waals surface area contributed by atoms with Crippen molar-refractivity contribution in [3.05, 3.63) is 35.0 Å². The van der Waals surface area contributed by atoms with Crippen LogP contribution in [0.25, 0.3) is 5.82 Å². The maximum atomic E-state index is 12.6. The molecule has 2 aromatic rings. The lowest BCUT2D eigenvalue weighted by Crippen LogP contribution is -2.22. The summed E-state index contributed by atoms with van der Waals surface area (Å²) in [7, 11) is 3.06. The first-order valence-electron chi connectivity index (χ1n) is 5.58. The van der Waals surface area contributed by atoms with E-state index in [0.717, 1.165) is 10.7 Å². The molecule has 0 aliphatic heterocycles. The molecule has 0 N–H and O–H groups in total. The molecule has 0 atom stereocenters. The number of nitrogens with zero attached hydrogens (tertiary/aromatic N) is 5. The Labute approximate surface area is 122 Å². The van der Waals surface area contributed by atoms with Crippen LogP contribution in [0.2, 0.25) is 5.15 Å². The predicted octanol–water partition coefficient (Wildman–Crippen LogP) is 2.04. The third kappa shape index (κ3) is 3.30. The minimum atomic E-state index is -4.73. The molecule has 21 heavy (non-hydrogen) atoms. The maximum Gasteiger partial charge on any atom is 0.451 e. The Morgan fingerprint density at radius 3 is 2.57 bits per heavy atom. The second kappa shape index (κ2) is 5.32. The molecule has 0 radical (unpaired) electrons. The van der Waals surface area contributed by atoms with Crippen molar-refractivity contribution in [3.63, 3.8) is 0 Å². The van der Waals surface area contributed by atoms with Crippen molar-refractivity contribution in [2.24, 2.45) is 0 Å². The number of hydrogen-bond donors (Lipinski definition) is 0. The van der Waals surface area contributed by atoms with Crippen LogP contribution in [0.15, 0.2) is 18.3 Å². The summed E-state index contributed by atoms with van der Waals surface area (Å²) in [4.78, 5) is 19.4. The van der Waals surface area contributed by atoms with E-state index < -0.39 is 12.0 Å². The zero-order chi connectivity index (χ0) is 15.8. The lowest BCUT2D eigenvalue weighted by molar-refractivity contribution is -0.145. The third-order valence-electron chi connectivity index (χ3n) is 2.38. The first-order chi connectivity index (χ1) is 9.68. The minimum absolute atomic E-state index is 0.0725. The monoisotopic (exact) mass is 319 g/mol. The Kier molecular flexibility index (Phi) is 3.86. The van der Waals surface area contributed by atoms with Crippen LogP contribution in [0.3, 0.4) is 0 Å². The van der Waals surface area contributed by atoms with Gasteiger partial charge in [0, 0.05) is 26.4 Å². The molecule has 0 aliphatic carbocycles. The van der Waals surface area contributed by atoms with Gasteiger partial charge in [0.05, 0.1) is 0 Å². The van der Waals surface area contributed by atoms with Crippen molar-refractivity contribution >= 4 is 17.5 Å². The van der Waals surface area contributed by atoms with Gasteiger partial charge in [0.2, 0.25) is 5.82 Å². The topological polar surface area (TPSA) is 63.9 Å². The van der Waals surface area contributed by atoms with Gasteiger partial charge in [-0.2, -0.15) is 18.3 Å². The molecule has 0 unspecified atom stereocenters. The fourth-order valence-electron chi connectivity index (χ4n) is 1.44. The summed E-state index contributed by atoms with van der Waals surface area (Å²) in [6, 6.07) is 2.49. The summed E-state index contributed by atoms with van der Waals surface area (Å²) in [6.07, 6.45) is -3.41. The molecule has 6 nitrogen and oxygen atoms in total. The third-order valence-corrected chi connectivity index (χ3v) is 2.58. The van der Waals surface area contributed by atoms with E-state index in [-0.39, 0.29) is 22.6 Å². The Morgan fingerprint density at radius 2 is 2.00 bits per heavy atom. The predicted molar refractivity (Wildman–Crippen MR) is 67.2 cm³/mol. The molecule has 0 aliphatic rings. The molecule has 0 saturated heterocycles. The van der Waals surface area contributed by atoms with Crippen LogP contribution in [0.5, 0.6) is 0 Å². The van der Waals surface area contributed by atoms with Gasteiger partial charge in [-0.15, -0.1) is 0 Å². The zero-order valence-electron chi connectivity index (χ0n) is 10.9. The van der Waals surface area contributed by atoms with Crippen molar-refractivity contribution in [2.75, 3.05) is 14.1 Å². The first kappa shape index (κ1) is 15.2. The Hall–Kier alpha value is -2.16. The molecule has 0 aromatic carbocycles. The van der Waals surface area contributed by atoms with Crippen molar-refractivity contribution in [2.45, 2.75) is 6.18 Å². The molecule has 112 valence electrons. The first-order valence-corrected chi connectivity index (χ1v) is 5.96. The van der Waals surface area contributed by atoms with Gasteiger partial charge < -0.3 is 4.90 Å². The molecule has 10 heteroatoms. The van der Waals surface area contributed by atoms with Crippen LogP contribution in [-0.4, -0.2) is 44.7 Å². The van der Waals surface area contributed by atoms with E-state index >= 15 is 0 Å². The highest BCUT2D eigenvalue weighted by Gasteiger charge is 2.35. The molecular formula is C11H9ClF3N5O. The summed E-state index contributed by atoms with van der Waals surface area (Å²) in [5.74, 6) is -1.94. The quantitative estimate of drug-likeness (QED) is 0.795. The van der Waals surface area contributed by atoms with Gasteiger partial charge in [-0.1, -0.05) is 11.6 Å². The van der Waals surface area contributed by atoms with Crippen LogP contribution in [0.1, 0.15) is 16.3 Å². The smallest absolute Gasteiger partial charge is 0.343 e. The maximum absolute atomic E-state index is 12.6. The number of hydrogen-bond acceptors (Lipinski definition) is 4. The second-order valence-electron chi connectivity index (χ2n) is 4.22. The van der Waals surface area contributed by atoms with Gasteiger partial charge in [0.1, 0.15) is 5.15 Å². The van der Waals surface area contributed by atoms with Crippen molar-refractivity contribution < 1.29 is 18.0 Å². The van der Waals surface area contributed by atoms with Crippen LogP contribution in [-0.2, 0) is 6.18 Å². The molecule has 0 saturated carbocycles. The molecule has 0 spiro atoms. The average molecular weight is 320 g/mol. The largest absolute Gasteiger partial charge is 0.451 e. The highest BCUT2D eigenvalue weighted by atomic mass is 35.5. The van der Waals surface area contributed by atoms with E-state index in [9.17, 15) is 18.0 Å². The number of rotatable bonds is 2. The molecular weight excluding hydrogens is 311 g/mol. The Balaban J connectivity index is 2.43. The van der Waals surface area contributed by atoms with E-state index in [1.165, 1.54) is 31.3 Å². The zero-order valence-corrected chi connectivity index (χ0v) is 11.6. The summed E-state index contributed by atoms with van der Waals surface area (Å²) >= 11 is 5.56. The normalized spacial score (nSPS) is 11.5. The van der Waals surface area contributed by atoms with E-state index in [2.05, 4.69) is 15.1 Å². The SMILES string of the molecule is CN(C)C(=O)c1ccn(-c2cc(Cl)nc(C(F)(F)F)n2)n1. The lowest BCUT2D eigenvalue weighted by Gasteiger charge is -2.08. The highest BCUT2D eigenvalue weighted by Crippen LogP contribution is 2.27. The summed E-state index contributed by atoms with van der Waals surface area (Å²) in [6.45, 7) is 0. The van der Waals surface area contributed by atoms with Crippen LogP contribution in [0.4, 0.5) is 13.2 Å². The van der Waals surface area contributed by atoms with Gasteiger partial charge in [0.15, 0.2) is 11.5 Å². The fourth-order valence-corrected chi connectivity index (χ4v) is 1.62. The van der Waals surface area contributed by atoms with Crippen molar-refractivity contribution in [1.29, 1.82) is 0 Å². The van der Waals surface area contributed by atoms with Crippen LogP contribution < -0.4 is 0 Å². The summed E-state index contributed by atoms with van der Waals surface area (Å²) in [5.41, 5.74) is 0.0725. The van der Waals surface area contributed by atoms with E-state index in [0.29, 0.717) is 0 Å². The lowest BCUT2D eigenvalue weighted by atomic mass is 10.4. The van der Waals surface area contributed by atoms with E-state index in [1.54, 1.807) is 0 Å².